The fraction of sp³-hybridized carbons (Fsp3) is 0.550. The zero-order valence-corrected chi connectivity index (χ0v) is 15.6. The van der Waals surface area contributed by atoms with Crippen LogP contribution in [0.4, 0.5) is 4.79 Å². The maximum atomic E-state index is 13.0. The second-order valence-corrected chi connectivity index (χ2v) is 7.47. The van der Waals surface area contributed by atoms with Crippen LogP contribution in [0.5, 0.6) is 0 Å². The SMILES string of the molecule is COC(=O)Cc1ccccc1C(=O)N1CCC2(CCN(C(=O)O)CC2)CC1. The molecule has 2 heterocycles. The molecule has 1 N–H and O–H groups in total. The van der Waals surface area contributed by atoms with Crippen molar-refractivity contribution in [3.8, 4) is 0 Å². The highest BCUT2D eigenvalue weighted by Gasteiger charge is 2.39. The van der Waals surface area contributed by atoms with Crippen molar-refractivity contribution < 1.29 is 24.2 Å². The van der Waals surface area contributed by atoms with Gasteiger partial charge in [0.2, 0.25) is 0 Å². The van der Waals surface area contributed by atoms with Crippen LogP contribution in [0.1, 0.15) is 41.6 Å². The first-order chi connectivity index (χ1) is 12.9. The van der Waals surface area contributed by atoms with E-state index < -0.39 is 6.09 Å². The monoisotopic (exact) mass is 374 g/mol. The van der Waals surface area contributed by atoms with Gasteiger partial charge in [-0.15, -0.1) is 0 Å². The van der Waals surface area contributed by atoms with E-state index in [1.165, 1.54) is 12.0 Å². The standard InChI is InChI=1S/C20H26N2O5/c1-27-17(23)14-15-4-2-3-5-16(15)18(24)21-10-6-20(7-11-21)8-12-22(13-9-20)19(25)26/h2-5H,6-14H2,1H3,(H,25,26). The number of esters is 1. The second-order valence-electron chi connectivity index (χ2n) is 7.47. The molecule has 7 heteroatoms. The second kappa shape index (κ2) is 7.98. The molecular weight excluding hydrogens is 348 g/mol. The third kappa shape index (κ3) is 4.23. The van der Waals surface area contributed by atoms with E-state index in [4.69, 9.17) is 9.84 Å². The number of likely N-dealkylation sites (tertiary alicyclic amines) is 2. The van der Waals surface area contributed by atoms with E-state index in [-0.39, 0.29) is 23.7 Å². The van der Waals surface area contributed by atoms with Gasteiger partial charge in [0.05, 0.1) is 13.5 Å². The van der Waals surface area contributed by atoms with E-state index in [1.54, 1.807) is 18.2 Å². The van der Waals surface area contributed by atoms with Crippen molar-refractivity contribution in [3.05, 3.63) is 35.4 Å². The number of carbonyl (C=O) groups is 3. The molecular formula is C20H26N2O5. The van der Waals surface area contributed by atoms with Crippen LogP contribution in [0.25, 0.3) is 0 Å². The number of carbonyl (C=O) groups excluding carboxylic acids is 2. The van der Waals surface area contributed by atoms with E-state index in [1.807, 2.05) is 11.0 Å². The summed E-state index contributed by atoms with van der Waals surface area (Å²) in [7, 11) is 1.34. The fourth-order valence-electron chi connectivity index (χ4n) is 4.14. The van der Waals surface area contributed by atoms with Crippen LogP contribution in [0.2, 0.25) is 0 Å². The zero-order chi connectivity index (χ0) is 19.4. The van der Waals surface area contributed by atoms with Crippen LogP contribution in [0, 0.1) is 5.41 Å². The largest absolute Gasteiger partial charge is 0.469 e. The average molecular weight is 374 g/mol. The minimum atomic E-state index is -0.848. The first kappa shape index (κ1) is 19.2. The third-order valence-electron chi connectivity index (χ3n) is 6.02. The van der Waals surface area contributed by atoms with Crippen molar-refractivity contribution in [1.29, 1.82) is 0 Å². The predicted octanol–water partition coefficient (Wildman–Crippen LogP) is 2.40. The highest BCUT2D eigenvalue weighted by Crippen LogP contribution is 2.41. The minimum absolute atomic E-state index is 0.0488. The van der Waals surface area contributed by atoms with Gasteiger partial charge in [0.25, 0.3) is 5.91 Å². The van der Waals surface area contributed by atoms with Gasteiger partial charge in [-0.05, 0) is 42.7 Å². The molecule has 27 heavy (non-hydrogen) atoms. The highest BCUT2D eigenvalue weighted by molar-refractivity contribution is 5.96. The van der Waals surface area contributed by atoms with Crippen molar-refractivity contribution in [2.45, 2.75) is 32.1 Å². The molecule has 2 amide bonds. The molecule has 0 unspecified atom stereocenters. The summed E-state index contributed by atoms with van der Waals surface area (Å²) in [6.45, 7) is 2.48. The molecule has 1 aromatic carbocycles. The minimum Gasteiger partial charge on any atom is -0.469 e. The van der Waals surface area contributed by atoms with Gasteiger partial charge in [0, 0.05) is 31.7 Å². The van der Waals surface area contributed by atoms with Crippen LogP contribution >= 0.6 is 0 Å². The summed E-state index contributed by atoms with van der Waals surface area (Å²) in [4.78, 5) is 39.0. The first-order valence-electron chi connectivity index (χ1n) is 9.36. The Labute approximate surface area is 158 Å². The van der Waals surface area contributed by atoms with Gasteiger partial charge in [0.1, 0.15) is 0 Å². The molecule has 0 aliphatic carbocycles. The van der Waals surface area contributed by atoms with E-state index in [2.05, 4.69) is 0 Å². The van der Waals surface area contributed by atoms with Gasteiger partial charge in [-0.2, -0.15) is 0 Å². The predicted molar refractivity (Wildman–Crippen MR) is 98.6 cm³/mol. The number of methoxy groups -OCH3 is 1. The number of piperidine rings is 2. The lowest BCUT2D eigenvalue weighted by Crippen LogP contribution is -2.49. The number of hydrogen-bond donors (Lipinski definition) is 1. The van der Waals surface area contributed by atoms with Crippen LogP contribution in [-0.2, 0) is 16.0 Å². The van der Waals surface area contributed by atoms with E-state index in [9.17, 15) is 14.4 Å². The lowest BCUT2D eigenvalue weighted by atomic mass is 9.71. The molecule has 1 spiro atoms. The Morgan fingerprint density at radius 3 is 2.11 bits per heavy atom. The van der Waals surface area contributed by atoms with Gasteiger partial charge >= 0.3 is 12.1 Å². The Morgan fingerprint density at radius 2 is 1.56 bits per heavy atom. The molecule has 7 nitrogen and oxygen atoms in total. The molecule has 0 radical (unpaired) electrons. The number of nitrogens with zero attached hydrogens (tertiary/aromatic N) is 2. The Morgan fingerprint density at radius 1 is 1.00 bits per heavy atom. The van der Waals surface area contributed by atoms with Gasteiger partial charge in [-0.3, -0.25) is 9.59 Å². The van der Waals surface area contributed by atoms with Crippen LogP contribution in [0.3, 0.4) is 0 Å². The van der Waals surface area contributed by atoms with Gasteiger partial charge in [0.15, 0.2) is 0 Å². The van der Waals surface area contributed by atoms with Crippen LogP contribution in [-0.4, -0.2) is 66.2 Å². The van der Waals surface area contributed by atoms with Crippen molar-refractivity contribution in [1.82, 2.24) is 9.80 Å². The molecule has 2 saturated heterocycles. The lowest BCUT2D eigenvalue weighted by molar-refractivity contribution is -0.139. The van der Waals surface area contributed by atoms with Crippen LogP contribution in [0.15, 0.2) is 24.3 Å². The normalized spacial score (nSPS) is 19.0. The number of amides is 2. The summed E-state index contributed by atoms with van der Waals surface area (Å²) in [5.41, 5.74) is 1.39. The number of hydrogen-bond acceptors (Lipinski definition) is 4. The lowest BCUT2D eigenvalue weighted by Gasteiger charge is -2.46. The number of ether oxygens (including phenoxy) is 1. The fourth-order valence-corrected chi connectivity index (χ4v) is 4.14. The van der Waals surface area contributed by atoms with Crippen molar-refractivity contribution in [2.24, 2.45) is 5.41 Å². The van der Waals surface area contributed by atoms with E-state index in [0.717, 1.165) is 25.7 Å². The van der Waals surface area contributed by atoms with Crippen LogP contribution < -0.4 is 0 Å². The van der Waals surface area contributed by atoms with Gasteiger partial charge < -0.3 is 19.6 Å². The summed E-state index contributed by atoms with van der Waals surface area (Å²) >= 11 is 0. The summed E-state index contributed by atoms with van der Waals surface area (Å²) in [6, 6.07) is 7.17. The number of carboxylic acid groups (broad SMARTS) is 1. The van der Waals surface area contributed by atoms with E-state index >= 15 is 0 Å². The molecule has 146 valence electrons. The average Bonchev–Trinajstić information content (AvgIpc) is 2.69. The summed E-state index contributed by atoms with van der Waals surface area (Å²) < 4.78 is 4.73. The maximum absolute atomic E-state index is 13.0. The zero-order valence-electron chi connectivity index (χ0n) is 15.6. The quantitative estimate of drug-likeness (QED) is 0.821. The summed E-state index contributed by atoms with van der Waals surface area (Å²) in [5, 5.41) is 9.11. The number of benzene rings is 1. The highest BCUT2D eigenvalue weighted by atomic mass is 16.5. The number of rotatable bonds is 3. The van der Waals surface area contributed by atoms with Gasteiger partial charge in [-0.1, -0.05) is 18.2 Å². The van der Waals surface area contributed by atoms with Crippen molar-refractivity contribution in [3.63, 3.8) is 0 Å². The maximum Gasteiger partial charge on any atom is 0.407 e. The third-order valence-corrected chi connectivity index (χ3v) is 6.02. The summed E-state index contributed by atoms with van der Waals surface area (Å²) in [6.07, 6.45) is 2.75. The molecule has 0 saturated carbocycles. The molecule has 0 atom stereocenters. The topological polar surface area (TPSA) is 87.2 Å². The van der Waals surface area contributed by atoms with E-state index in [0.29, 0.717) is 37.3 Å². The Kier molecular flexibility index (Phi) is 5.68. The molecule has 3 rings (SSSR count). The molecule has 0 aromatic heterocycles. The Hall–Kier alpha value is -2.57. The Balaban J connectivity index is 1.63. The summed E-state index contributed by atoms with van der Waals surface area (Å²) in [5.74, 6) is -0.412. The first-order valence-corrected chi connectivity index (χ1v) is 9.36. The van der Waals surface area contributed by atoms with Crippen molar-refractivity contribution >= 4 is 18.0 Å². The molecule has 1 aromatic rings. The molecule has 2 aliphatic heterocycles. The molecule has 2 fully saturated rings. The Bertz CT molecular complexity index is 715. The van der Waals surface area contributed by atoms with Gasteiger partial charge in [-0.25, -0.2) is 4.79 Å². The smallest absolute Gasteiger partial charge is 0.407 e. The molecule has 0 bridgehead atoms. The van der Waals surface area contributed by atoms with Crippen molar-refractivity contribution in [2.75, 3.05) is 33.3 Å². The molecule has 2 aliphatic rings.